The predicted molar refractivity (Wildman–Crippen MR) is 80.8 cm³/mol. The molecule has 0 spiro atoms. The molecular weight excluding hydrogens is 270 g/mol. The molecule has 0 saturated carbocycles. The smallest absolute Gasteiger partial charge is 0.169 e. The lowest BCUT2D eigenvalue weighted by Crippen LogP contribution is -2.31. The van der Waals surface area contributed by atoms with E-state index in [0.29, 0.717) is 39.5 Å². The molecule has 0 saturated heterocycles. The average molecular weight is 295 g/mol. The summed E-state index contributed by atoms with van der Waals surface area (Å²) in [5.74, 6) is 1.69. The molecule has 0 aliphatic carbocycles. The zero-order chi connectivity index (χ0) is 14.9. The van der Waals surface area contributed by atoms with E-state index in [1.54, 1.807) is 0 Å². The van der Waals surface area contributed by atoms with Crippen LogP contribution in [0.2, 0.25) is 0 Å². The molecule has 0 unspecified atom stereocenters. The van der Waals surface area contributed by atoms with Crippen molar-refractivity contribution >= 4 is 0 Å². The van der Waals surface area contributed by atoms with Crippen LogP contribution in [0.4, 0.5) is 0 Å². The van der Waals surface area contributed by atoms with Crippen molar-refractivity contribution in [3.8, 4) is 11.5 Å². The summed E-state index contributed by atoms with van der Waals surface area (Å²) in [5, 5.41) is 3.36. The molecule has 0 amide bonds. The van der Waals surface area contributed by atoms with Gasteiger partial charge >= 0.3 is 0 Å². The minimum atomic E-state index is -0.209. The van der Waals surface area contributed by atoms with Crippen LogP contribution in [0.5, 0.6) is 11.5 Å². The molecule has 0 radical (unpaired) electrons. The fourth-order valence-corrected chi connectivity index (χ4v) is 2.26. The van der Waals surface area contributed by atoms with Crippen LogP contribution < -0.4 is 14.8 Å². The lowest BCUT2D eigenvalue weighted by molar-refractivity contribution is -0.133. The van der Waals surface area contributed by atoms with Crippen molar-refractivity contribution in [3.05, 3.63) is 23.8 Å². The molecule has 0 fully saturated rings. The van der Waals surface area contributed by atoms with E-state index >= 15 is 0 Å². The number of hydrogen-bond acceptors (Lipinski definition) is 5. The van der Waals surface area contributed by atoms with E-state index in [9.17, 15) is 0 Å². The van der Waals surface area contributed by atoms with Crippen LogP contribution in [-0.4, -0.2) is 39.3 Å². The first-order valence-corrected chi connectivity index (χ1v) is 7.66. The van der Waals surface area contributed by atoms with E-state index in [-0.39, 0.29) is 6.29 Å². The third-order valence-electron chi connectivity index (χ3n) is 3.18. The fraction of sp³-hybridized carbons (Fsp3) is 0.625. The summed E-state index contributed by atoms with van der Waals surface area (Å²) < 4.78 is 22.5. The highest BCUT2D eigenvalue weighted by Gasteiger charge is 2.14. The molecule has 118 valence electrons. The van der Waals surface area contributed by atoms with Crippen molar-refractivity contribution < 1.29 is 18.9 Å². The number of benzene rings is 1. The number of ether oxygens (including phenoxy) is 4. The topological polar surface area (TPSA) is 49.0 Å². The normalized spacial score (nSPS) is 14.2. The van der Waals surface area contributed by atoms with Gasteiger partial charge in [0.2, 0.25) is 0 Å². The van der Waals surface area contributed by atoms with Crippen molar-refractivity contribution in [1.29, 1.82) is 0 Å². The van der Waals surface area contributed by atoms with Crippen molar-refractivity contribution in [3.63, 3.8) is 0 Å². The zero-order valence-electron chi connectivity index (χ0n) is 12.9. The van der Waals surface area contributed by atoms with Crippen LogP contribution >= 0.6 is 0 Å². The van der Waals surface area contributed by atoms with Gasteiger partial charge in [0.25, 0.3) is 0 Å². The highest BCUT2D eigenvalue weighted by atomic mass is 16.7. The third-order valence-corrected chi connectivity index (χ3v) is 3.18. The molecule has 0 aromatic heterocycles. The molecular formula is C16H25NO4. The largest absolute Gasteiger partial charge is 0.490 e. The van der Waals surface area contributed by atoms with E-state index < -0.39 is 0 Å². The van der Waals surface area contributed by atoms with Gasteiger partial charge in [-0.1, -0.05) is 12.1 Å². The Hall–Kier alpha value is -1.30. The van der Waals surface area contributed by atoms with Gasteiger partial charge in [-0.25, -0.2) is 0 Å². The Morgan fingerprint density at radius 1 is 1.14 bits per heavy atom. The van der Waals surface area contributed by atoms with E-state index in [2.05, 4.69) is 11.4 Å². The van der Waals surface area contributed by atoms with Crippen molar-refractivity contribution in [2.24, 2.45) is 0 Å². The molecule has 0 atom stereocenters. The average Bonchev–Trinajstić information content (AvgIpc) is 2.73. The first-order chi connectivity index (χ1) is 10.3. The Labute approximate surface area is 126 Å². The lowest BCUT2D eigenvalue weighted by atomic mass is 10.2. The standard InChI is InChI=1S/C16H25NO4/c1-3-18-15(19-4-2)12-17-11-13-7-5-8-14-16(13)21-10-6-9-20-14/h5,7-8,15,17H,3-4,6,9-12H2,1-2H3. The predicted octanol–water partition coefficient (Wildman–Crippen LogP) is 2.34. The van der Waals surface area contributed by atoms with Gasteiger partial charge < -0.3 is 24.3 Å². The van der Waals surface area contributed by atoms with E-state index in [4.69, 9.17) is 18.9 Å². The maximum Gasteiger partial charge on any atom is 0.169 e. The van der Waals surface area contributed by atoms with Gasteiger partial charge in [0, 0.05) is 38.3 Å². The highest BCUT2D eigenvalue weighted by molar-refractivity contribution is 5.47. The minimum absolute atomic E-state index is 0.209. The van der Waals surface area contributed by atoms with Gasteiger partial charge in [-0.15, -0.1) is 0 Å². The minimum Gasteiger partial charge on any atom is -0.490 e. The van der Waals surface area contributed by atoms with Gasteiger partial charge in [-0.3, -0.25) is 0 Å². The van der Waals surface area contributed by atoms with Crippen LogP contribution in [0.15, 0.2) is 18.2 Å². The molecule has 1 aromatic rings. The Balaban J connectivity index is 1.91. The van der Waals surface area contributed by atoms with E-state index in [0.717, 1.165) is 23.5 Å². The first kappa shape index (κ1) is 16.1. The maximum absolute atomic E-state index is 5.80. The second-order valence-corrected chi connectivity index (χ2v) is 4.77. The third kappa shape index (κ3) is 4.88. The summed E-state index contributed by atoms with van der Waals surface area (Å²) >= 11 is 0. The molecule has 21 heavy (non-hydrogen) atoms. The number of nitrogens with one attached hydrogen (secondary N) is 1. The van der Waals surface area contributed by atoms with Crippen LogP contribution in [0.3, 0.4) is 0 Å². The summed E-state index contributed by atoms with van der Waals surface area (Å²) in [5.41, 5.74) is 1.10. The molecule has 1 aliphatic heterocycles. The number of rotatable bonds is 8. The lowest BCUT2D eigenvalue weighted by Gasteiger charge is -2.18. The van der Waals surface area contributed by atoms with Gasteiger partial charge in [0.15, 0.2) is 17.8 Å². The maximum atomic E-state index is 5.80. The summed E-state index contributed by atoms with van der Waals surface area (Å²) in [7, 11) is 0. The molecule has 1 heterocycles. The number of fused-ring (bicyclic) bond motifs is 1. The first-order valence-electron chi connectivity index (χ1n) is 7.66. The summed E-state index contributed by atoms with van der Waals surface area (Å²) in [4.78, 5) is 0. The van der Waals surface area contributed by atoms with Crippen LogP contribution in [-0.2, 0) is 16.0 Å². The van der Waals surface area contributed by atoms with Crippen LogP contribution in [0.1, 0.15) is 25.8 Å². The Morgan fingerprint density at radius 3 is 2.67 bits per heavy atom. The Morgan fingerprint density at radius 2 is 1.90 bits per heavy atom. The quantitative estimate of drug-likeness (QED) is 0.746. The van der Waals surface area contributed by atoms with Gasteiger partial charge in [-0.2, -0.15) is 0 Å². The molecule has 0 bridgehead atoms. The molecule has 5 nitrogen and oxygen atoms in total. The zero-order valence-corrected chi connectivity index (χ0v) is 12.9. The number of para-hydroxylation sites is 1. The van der Waals surface area contributed by atoms with E-state index in [1.807, 2.05) is 26.0 Å². The van der Waals surface area contributed by atoms with Crippen molar-refractivity contribution in [1.82, 2.24) is 5.32 Å². The monoisotopic (exact) mass is 295 g/mol. The molecule has 1 N–H and O–H groups in total. The van der Waals surface area contributed by atoms with Crippen LogP contribution in [0, 0.1) is 0 Å². The van der Waals surface area contributed by atoms with Crippen molar-refractivity contribution in [2.45, 2.75) is 33.1 Å². The highest BCUT2D eigenvalue weighted by Crippen LogP contribution is 2.33. The second kappa shape index (κ2) is 8.87. The second-order valence-electron chi connectivity index (χ2n) is 4.77. The number of hydrogen-bond donors (Lipinski definition) is 1. The molecule has 2 rings (SSSR count). The van der Waals surface area contributed by atoms with Gasteiger partial charge in [0.05, 0.1) is 13.2 Å². The fourth-order valence-electron chi connectivity index (χ4n) is 2.26. The summed E-state index contributed by atoms with van der Waals surface area (Å²) in [6.45, 7) is 7.97. The molecule has 5 heteroatoms. The van der Waals surface area contributed by atoms with Crippen molar-refractivity contribution in [2.75, 3.05) is 33.0 Å². The Kier molecular flexibility index (Phi) is 6.79. The van der Waals surface area contributed by atoms with Gasteiger partial charge in [-0.05, 0) is 19.9 Å². The van der Waals surface area contributed by atoms with E-state index in [1.165, 1.54) is 0 Å². The molecule has 1 aliphatic rings. The van der Waals surface area contributed by atoms with Gasteiger partial charge in [0.1, 0.15) is 0 Å². The van der Waals surface area contributed by atoms with Crippen LogP contribution in [0.25, 0.3) is 0 Å². The molecule has 1 aromatic carbocycles. The summed E-state index contributed by atoms with van der Waals surface area (Å²) in [6, 6.07) is 6.00. The SMILES string of the molecule is CCOC(CNCc1cccc2c1OCCCO2)OCC. The summed E-state index contributed by atoms with van der Waals surface area (Å²) in [6.07, 6.45) is 0.706. The Bertz CT molecular complexity index is 419.